The minimum absolute atomic E-state index is 0.133. The molecule has 0 radical (unpaired) electrons. The Kier molecular flexibility index (Phi) is 4.08. The highest BCUT2D eigenvalue weighted by atomic mass is 16.2. The topological polar surface area (TPSA) is 36.1 Å². The third kappa shape index (κ3) is 3.07. The van der Waals surface area contributed by atoms with E-state index in [0.717, 1.165) is 43.3 Å². The Morgan fingerprint density at radius 1 is 1.08 bits per heavy atom. The number of nitrogens with zero attached hydrogens (tertiary/aromatic N) is 1. The largest absolute Gasteiger partial charge is 0.351 e. The number of aryl methyl sites for hydroxylation is 1. The summed E-state index contributed by atoms with van der Waals surface area (Å²) in [4.78, 5) is 18.0. The van der Waals surface area contributed by atoms with Gasteiger partial charge in [-0.3, -0.25) is 4.79 Å². The summed E-state index contributed by atoms with van der Waals surface area (Å²) in [6.07, 6.45) is 3.36. The molecule has 1 amide bonds. The fourth-order valence-corrected chi connectivity index (χ4v) is 3.63. The number of fused-ring (bicyclic) bond motifs is 1. The molecular formula is C21H22N2O. The lowest BCUT2D eigenvalue weighted by molar-refractivity contribution is 0.0782. The minimum Gasteiger partial charge on any atom is -0.351 e. The Balaban J connectivity index is 1.38. The SMILES string of the molecule is O=C(c1cc2ccccc2[nH]1)N1CCC(CCc2ccccc2)C1. The molecule has 1 aromatic heterocycles. The van der Waals surface area contributed by atoms with Gasteiger partial charge in [0.1, 0.15) is 5.69 Å². The fraction of sp³-hybridized carbons (Fsp3) is 0.286. The molecule has 1 aliphatic rings. The zero-order valence-electron chi connectivity index (χ0n) is 13.7. The van der Waals surface area contributed by atoms with Crippen LogP contribution in [0.25, 0.3) is 10.9 Å². The van der Waals surface area contributed by atoms with Crippen LogP contribution in [0.15, 0.2) is 60.7 Å². The van der Waals surface area contributed by atoms with Crippen LogP contribution in [0, 0.1) is 5.92 Å². The maximum absolute atomic E-state index is 12.7. The summed E-state index contributed by atoms with van der Waals surface area (Å²) in [5, 5.41) is 1.10. The predicted octanol–water partition coefficient (Wildman–Crippen LogP) is 4.26. The van der Waals surface area contributed by atoms with Gasteiger partial charge in [0.2, 0.25) is 0 Å². The minimum atomic E-state index is 0.133. The highest BCUT2D eigenvalue weighted by Crippen LogP contribution is 2.24. The third-order valence-corrected chi connectivity index (χ3v) is 5.02. The number of hydrogen-bond acceptors (Lipinski definition) is 1. The number of carbonyl (C=O) groups is 1. The molecule has 2 heterocycles. The summed E-state index contributed by atoms with van der Waals surface area (Å²) in [6.45, 7) is 1.74. The fourth-order valence-electron chi connectivity index (χ4n) is 3.63. The van der Waals surface area contributed by atoms with Crippen LogP contribution in [-0.2, 0) is 6.42 Å². The Morgan fingerprint density at radius 3 is 2.71 bits per heavy atom. The van der Waals surface area contributed by atoms with Gasteiger partial charge in [-0.05, 0) is 42.9 Å². The molecular weight excluding hydrogens is 296 g/mol. The van der Waals surface area contributed by atoms with E-state index in [-0.39, 0.29) is 5.91 Å². The monoisotopic (exact) mass is 318 g/mol. The number of likely N-dealkylation sites (tertiary alicyclic amines) is 1. The molecule has 1 atom stereocenters. The number of H-pyrrole nitrogens is 1. The van der Waals surface area contributed by atoms with Gasteiger partial charge in [0, 0.05) is 24.0 Å². The first kappa shape index (κ1) is 15.0. The molecule has 1 unspecified atom stereocenters. The molecule has 0 spiro atoms. The van der Waals surface area contributed by atoms with Gasteiger partial charge in [-0.25, -0.2) is 0 Å². The predicted molar refractivity (Wildman–Crippen MR) is 97.1 cm³/mol. The Bertz CT molecular complexity index is 804. The highest BCUT2D eigenvalue weighted by Gasteiger charge is 2.27. The Labute approximate surface area is 142 Å². The molecule has 1 fully saturated rings. The molecule has 0 aliphatic carbocycles. The summed E-state index contributed by atoms with van der Waals surface area (Å²) in [5.74, 6) is 0.743. The number of aromatic nitrogens is 1. The van der Waals surface area contributed by atoms with Crippen molar-refractivity contribution in [1.82, 2.24) is 9.88 Å². The van der Waals surface area contributed by atoms with Crippen molar-refractivity contribution in [3.05, 3.63) is 71.9 Å². The number of carbonyl (C=O) groups excluding carboxylic acids is 1. The Morgan fingerprint density at radius 2 is 1.88 bits per heavy atom. The molecule has 4 rings (SSSR count). The molecule has 1 N–H and O–H groups in total. The van der Waals surface area contributed by atoms with E-state index in [1.165, 1.54) is 5.56 Å². The van der Waals surface area contributed by atoms with Gasteiger partial charge >= 0.3 is 0 Å². The van der Waals surface area contributed by atoms with E-state index < -0.39 is 0 Å². The van der Waals surface area contributed by atoms with Crippen molar-refractivity contribution in [3.8, 4) is 0 Å². The first-order chi connectivity index (χ1) is 11.8. The molecule has 1 aliphatic heterocycles. The van der Waals surface area contributed by atoms with Crippen LogP contribution in [0.1, 0.15) is 28.9 Å². The summed E-state index contributed by atoms with van der Waals surface area (Å²) in [5.41, 5.74) is 3.12. The lowest BCUT2D eigenvalue weighted by Gasteiger charge is -2.15. The van der Waals surface area contributed by atoms with Gasteiger partial charge in [0.05, 0.1) is 0 Å². The van der Waals surface area contributed by atoms with E-state index in [4.69, 9.17) is 0 Å². The van der Waals surface area contributed by atoms with Crippen molar-refractivity contribution in [2.75, 3.05) is 13.1 Å². The van der Waals surface area contributed by atoms with Crippen molar-refractivity contribution < 1.29 is 4.79 Å². The second-order valence-electron chi connectivity index (χ2n) is 6.70. The molecule has 2 aromatic carbocycles. The van der Waals surface area contributed by atoms with Crippen LogP contribution < -0.4 is 0 Å². The summed E-state index contributed by atoms with van der Waals surface area (Å²) < 4.78 is 0. The van der Waals surface area contributed by atoms with Crippen molar-refractivity contribution in [2.45, 2.75) is 19.3 Å². The van der Waals surface area contributed by atoms with Gasteiger partial charge < -0.3 is 9.88 Å². The molecule has 3 aromatic rings. The molecule has 3 nitrogen and oxygen atoms in total. The number of rotatable bonds is 4. The van der Waals surface area contributed by atoms with Crippen molar-refractivity contribution in [1.29, 1.82) is 0 Å². The highest BCUT2D eigenvalue weighted by molar-refractivity contribution is 5.98. The van der Waals surface area contributed by atoms with Crippen molar-refractivity contribution in [3.63, 3.8) is 0 Å². The smallest absolute Gasteiger partial charge is 0.270 e. The Hall–Kier alpha value is -2.55. The second-order valence-corrected chi connectivity index (χ2v) is 6.70. The van der Waals surface area contributed by atoms with Crippen LogP contribution in [0.5, 0.6) is 0 Å². The van der Waals surface area contributed by atoms with E-state index in [1.807, 2.05) is 35.2 Å². The lowest BCUT2D eigenvalue weighted by atomic mass is 9.99. The lowest BCUT2D eigenvalue weighted by Crippen LogP contribution is -2.29. The van der Waals surface area contributed by atoms with Crippen LogP contribution in [0.3, 0.4) is 0 Å². The molecule has 3 heteroatoms. The average Bonchev–Trinajstić information content (AvgIpc) is 3.27. The number of benzene rings is 2. The second kappa shape index (κ2) is 6.52. The maximum Gasteiger partial charge on any atom is 0.270 e. The van der Waals surface area contributed by atoms with E-state index in [1.54, 1.807) is 0 Å². The zero-order valence-corrected chi connectivity index (χ0v) is 13.7. The number of amides is 1. The summed E-state index contributed by atoms with van der Waals surface area (Å²) in [6, 6.07) is 20.6. The van der Waals surface area contributed by atoms with Crippen molar-refractivity contribution >= 4 is 16.8 Å². The van der Waals surface area contributed by atoms with Gasteiger partial charge in [-0.15, -0.1) is 0 Å². The zero-order chi connectivity index (χ0) is 16.4. The van der Waals surface area contributed by atoms with Gasteiger partial charge in [-0.2, -0.15) is 0 Å². The summed E-state index contributed by atoms with van der Waals surface area (Å²) in [7, 11) is 0. The van der Waals surface area contributed by atoms with E-state index in [2.05, 4.69) is 35.3 Å². The van der Waals surface area contributed by atoms with Crippen molar-refractivity contribution in [2.24, 2.45) is 5.92 Å². The number of hydrogen-bond donors (Lipinski definition) is 1. The standard InChI is InChI=1S/C21H22N2O/c24-21(20-14-18-8-4-5-9-19(18)22-20)23-13-12-17(15-23)11-10-16-6-2-1-3-7-16/h1-9,14,17,22H,10-13,15H2. The third-order valence-electron chi connectivity index (χ3n) is 5.02. The van der Waals surface area contributed by atoms with Crippen LogP contribution in [-0.4, -0.2) is 28.9 Å². The molecule has 122 valence electrons. The van der Waals surface area contributed by atoms with Gasteiger partial charge in [-0.1, -0.05) is 48.5 Å². The van der Waals surface area contributed by atoms with Crippen LogP contribution in [0.2, 0.25) is 0 Å². The first-order valence-electron chi connectivity index (χ1n) is 8.70. The van der Waals surface area contributed by atoms with Gasteiger partial charge in [0.15, 0.2) is 0 Å². The average molecular weight is 318 g/mol. The normalized spacial score (nSPS) is 17.5. The number of aromatic amines is 1. The molecule has 0 saturated carbocycles. The van der Waals surface area contributed by atoms with E-state index in [0.29, 0.717) is 11.6 Å². The molecule has 0 bridgehead atoms. The van der Waals surface area contributed by atoms with Crippen LogP contribution in [0.4, 0.5) is 0 Å². The van der Waals surface area contributed by atoms with Crippen LogP contribution >= 0.6 is 0 Å². The van der Waals surface area contributed by atoms with Gasteiger partial charge in [0.25, 0.3) is 5.91 Å². The number of para-hydroxylation sites is 1. The maximum atomic E-state index is 12.7. The van der Waals surface area contributed by atoms with E-state index in [9.17, 15) is 4.79 Å². The first-order valence-corrected chi connectivity index (χ1v) is 8.70. The molecule has 24 heavy (non-hydrogen) atoms. The number of nitrogens with one attached hydrogen (secondary N) is 1. The van der Waals surface area contributed by atoms with E-state index >= 15 is 0 Å². The molecule has 1 saturated heterocycles. The quantitative estimate of drug-likeness (QED) is 0.766. The summed E-state index contributed by atoms with van der Waals surface area (Å²) >= 11 is 0.